The lowest BCUT2D eigenvalue weighted by molar-refractivity contribution is -0.136. The van der Waals surface area contributed by atoms with Gasteiger partial charge in [0.1, 0.15) is 17.5 Å². The summed E-state index contributed by atoms with van der Waals surface area (Å²) in [4.78, 5) is 22.8. The Kier molecular flexibility index (Phi) is 4.25. The predicted octanol–water partition coefficient (Wildman–Crippen LogP) is 0.762. The van der Waals surface area contributed by atoms with Gasteiger partial charge in [0.25, 0.3) is 0 Å². The molecule has 17 heavy (non-hydrogen) atoms. The molecule has 6 nitrogen and oxygen atoms in total. The number of rotatable bonds is 5. The van der Waals surface area contributed by atoms with E-state index in [0.717, 1.165) is 11.6 Å². The number of carboxylic acids is 1. The van der Waals surface area contributed by atoms with Crippen molar-refractivity contribution in [3.8, 4) is 0 Å². The van der Waals surface area contributed by atoms with Crippen LogP contribution >= 0.6 is 0 Å². The van der Waals surface area contributed by atoms with Crippen LogP contribution in [0.5, 0.6) is 0 Å². The molecular formula is C11H18N4O2. The normalized spacial score (nSPS) is 10.1. The molecule has 0 aliphatic rings. The van der Waals surface area contributed by atoms with Crippen molar-refractivity contribution in [3.05, 3.63) is 11.9 Å². The van der Waals surface area contributed by atoms with E-state index in [1.54, 1.807) is 0 Å². The summed E-state index contributed by atoms with van der Waals surface area (Å²) in [7, 11) is 5.63. The number of aromatic nitrogens is 2. The standard InChI is InChI=1S/C11H18N4O2/c1-8-12-9(14(2)3)7-10(13-8)15(4)6-5-11(16)17/h7H,5-6H2,1-4H3,(H,16,17). The summed E-state index contributed by atoms with van der Waals surface area (Å²) in [6.45, 7) is 2.25. The molecule has 1 N–H and O–H groups in total. The molecule has 94 valence electrons. The van der Waals surface area contributed by atoms with E-state index in [0.29, 0.717) is 12.4 Å². The van der Waals surface area contributed by atoms with E-state index in [9.17, 15) is 4.79 Å². The van der Waals surface area contributed by atoms with E-state index in [-0.39, 0.29) is 6.42 Å². The molecule has 0 atom stereocenters. The molecule has 6 heteroatoms. The van der Waals surface area contributed by atoms with Gasteiger partial charge in [0, 0.05) is 33.8 Å². The number of hydrogen-bond donors (Lipinski definition) is 1. The van der Waals surface area contributed by atoms with E-state index < -0.39 is 5.97 Å². The van der Waals surface area contributed by atoms with Crippen LogP contribution in [0.15, 0.2) is 6.07 Å². The maximum atomic E-state index is 10.5. The van der Waals surface area contributed by atoms with Gasteiger partial charge in [0.15, 0.2) is 0 Å². The molecule has 0 unspecified atom stereocenters. The van der Waals surface area contributed by atoms with Crippen molar-refractivity contribution < 1.29 is 9.90 Å². The van der Waals surface area contributed by atoms with E-state index in [2.05, 4.69) is 9.97 Å². The van der Waals surface area contributed by atoms with Crippen LogP contribution in [0.3, 0.4) is 0 Å². The Morgan fingerprint density at radius 1 is 1.29 bits per heavy atom. The minimum atomic E-state index is -0.810. The van der Waals surface area contributed by atoms with E-state index in [4.69, 9.17) is 5.11 Å². The van der Waals surface area contributed by atoms with Gasteiger partial charge in [0.2, 0.25) is 0 Å². The number of anilines is 2. The highest BCUT2D eigenvalue weighted by Gasteiger charge is 2.09. The minimum absolute atomic E-state index is 0.0941. The van der Waals surface area contributed by atoms with Gasteiger partial charge < -0.3 is 14.9 Å². The molecule has 0 aliphatic heterocycles. The molecule has 0 aromatic carbocycles. The van der Waals surface area contributed by atoms with Crippen LogP contribution in [0, 0.1) is 6.92 Å². The molecule has 0 amide bonds. The summed E-state index contributed by atoms with van der Waals surface area (Å²) in [5.74, 6) is 1.42. The quantitative estimate of drug-likeness (QED) is 0.816. The Balaban J connectivity index is 2.85. The van der Waals surface area contributed by atoms with Crippen LogP contribution in [0.1, 0.15) is 12.2 Å². The smallest absolute Gasteiger partial charge is 0.305 e. The van der Waals surface area contributed by atoms with Crippen molar-refractivity contribution in [3.63, 3.8) is 0 Å². The number of nitrogens with zero attached hydrogens (tertiary/aromatic N) is 4. The van der Waals surface area contributed by atoms with Crippen LogP contribution in [0.25, 0.3) is 0 Å². The molecule has 1 heterocycles. The second kappa shape index (κ2) is 5.47. The van der Waals surface area contributed by atoms with Crippen LogP contribution < -0.4 is 9.80 Å². The molecule has 0 aliphatic carbocycles. The first-order valence-corrected chi connectivity index (χ1v) is 5.36. The summed E-state index contributed by atoms with van der Waals surface area (Å²) < 4.78 is 0. The van der Waals surface area contributed by atoms with Crippen molar-refractivity contribution in [1.82, 2.24) is 9.97 Å². The van der Waals surface area contributed by atoms with E-state index >= 15 is 0 Å². The summed E-state index contributed by atoms with van der Waals surface area (Å²) >= 11 is 0. The van der Waals surface area contributed by atoms with Crippen LogP contribution in [0.2, 0.25) is 0 Å². The Morgan fingerprint density at radius 2 is 1.88 bits per heavy atom. The Morgan fingerprint density at radius 3 is 2.41 bits per heavy atom. The van der Waals surface area contributed by atoms with Gasteiger partial charge >= 0.3 is 5.97 Å². The lowest BCUT2D eigenvalue weighted by Gasteiger charge is -2.20. The third-order valence-corrected chi connectivity index (χ3v) is 2.32. The molecular weight excluding hydrogens is 220 g/mol. The fourth-order valence-electron chi connectivity index (χ4n) is 1.34. The molecule has 0 saturated heterocycles. The third-order valence-electron chi connectivity index (χ3n) is 2.32. The Labute approximate surface area is 101 Å². The van der Waals surface area contributed by atoms with Crippen molar-refractivity contribution >= 4 is 17.6 Å². The summed E-state index contributed by atoms with van der Waals surface area (Å²) in [6, 6.07) is 1.84. The van der Waals surface area contributed by atoms with Crippen molar-refractivity contribution in [2.24, 2.45) is 0 Å². The minimum Gasteiger partial charge on any atom is -0.481 e. The van der Waals surface area contributed by atoms with Crippen LogP contribution in [-0.4, -0.2) is 48.7 Å². The Hall–Kier alpha value is -1.85. The lowest BCUT2D eigenvalue weighted by atomic mass is 10.3. The zero-order chi connectivity index (χ0) is 13.0. The second-order valence-corrected chi connectivity index (χ2v) is 4.09. The van der Waals surface area contributed by atoms with E-state index in [1.165, 1.54) is 0 Å². The summed E-state index contributed by atoms with van der Waals surface area (Å²) in [6.07, 6.45) is 0.0941. The van der Waals surface area contributed by atoms with Gasteiger partial charge in [-0.15, -0.1) is 0 Å². The number of carbonyl (C=O) groups is 1. The number of hydrogen-bond acceptors (Lipinski definition) is 5. The van der Waals surface area contributed by atoms with Crippen LogP contribution in [-0.2, 0) is 4.79 Å². The van der Waals surface area contributed by atoms with E-state index in [1.807, 2.05) is 43.9 Å². The Bertz CT molecular complexity index is 406. The highest BCUT2D eigenvalue weighted by atomic mass is 16.4. The van der Waals surface area contributed by atoms with Crippen LogP contribution in [0.4, 0.5) is 11.6 Å². The topological polar surface area (TPSA) is 69.6 Å². The van der Waals surface area contributed by atoms with Crippen molar-refractivity contribution in [2.45, 2.75) is 13.3 Å². The zero-order valence-electron chi connectivity index (χ0n) is 10.6. The number of aliphatic carboxylic acids is 1. The monoisotopic (exact) mass is 238 g/mol. The van der Waals surface area contributed by atoms with Gasteiger partial charge in [-0.25, -0.2) is 9.97 Å². The molecule has 1 aromatic rings. The van der Waals surface area contributed by atoms with Gasteiger partial charge in [0.05, 0.1) is 6.42 Å². The van der Waals surface area contributed by atoms with Crippen molar-refractivity contribution in [1.29, 1.82) is 0 Å². The van der Waals surface area contributed by atoms with Gasteiger partial charge in [-0.3, -0.25) is 4.79 Å². The third kappa shape index (κ3) is 3.90. The van der Waals surface area contributed by atoms with Crippen molar-refractivity contribution in [2.75, 3.05) is 37.5 Å². The average molecular weight is 238 g/mol. The molecule has 0 fully saturated rings. The fraction of sp³-hybridized carbons (Fsp3) is 0.545. The van der Waals surface area contributed by atoms with Gasteiger partial charge in [-0.05, 0) is 6.92 Å². The first-order chi connectivity index (χ1) is 7.90. The SMILES string of the molecule is Cc1nc(N(C)C)cc(N(C)CCC(=O)O)n1. The van der Waals surface area contributed by atoms with Gasteiger partial charge in [-0.2, -0.15) is 0 Å². The lowest BCUT2D eigenvalue weighted by Crippen LogP contribution is -2.23. The molecule has 1 aromatic heterocycles. The maximum Gasteiger partial charge on any atom is 0.305 e. The number of carboxylic acid groups (broad SMARTS) is 1. The highest BCUT2D eigenvalue weighted by Crippen LogP contribution is 2.16. The number of aryl methyl sites for hydroxylation is 1. The summed E-state index contributed by atoms with van der Waals surface area (Å²) in [5.41, 5.74) is 0. The summed E-state index contributed by atoms with van der Waals surface area (Å²) in [5, 5.41) is 8.64. The molecule has 0 saturated carbocycles. The highest BCUT2D eigenvalue weighted by molar-refractivity contribution is 5.67. The predicted molar refractivity (Wildman–Crippen MR) is 66.6 cm³/mol. The molecule has 1 rings (SSSR count). The molecule has 0 spiro atoms. The zero-order valence-corrected chi connectivity index (χ0v) is 10.6. The first-order valence-electron chi connectivity index (χ1n) is 5.36. The molecule has 0 radical (unpaired) electrons. The van der Waals surface area contributed by atoms with Gasteiger partial charge in [-0.1, -0.05) is 0 Å². The first kappa shape index (κ1) is 13.2. The largest absolute Gasteiger partial charge is 0.481 e. The molecule has 0 bridgehead atoms. The fourth-order valence-corrected chi connectivity index (χ4v) is 1.34. The average Bonchev–Trinajstić information content (AvgIpc) is 2.24. The second-order valence-electron chi connectivity index (χ2n) is 4.09. The maximum absolute atomic E-state index is 10.5.